The minimum Gasteiger partial charge on any atom is -0.492 e. The van der Waals surface area contributed by atoms with Gasteiger partial charge >= 0.3 is 5.97 Å². The van der Waals surface area contributed by atoms with Gasteiger partial charge in [0.25, 0.3) is 0 Å². The Morgan fingerprint density at radius 1 is 1.33 bits per heavy atom. The monoisotopic (exact) mass is 293 g/mol. The summed E-state index contributed by atoms with van der Waals surface area (Å²) in [6.07, 6.45) is 0.177. The summed E-state index contributed by atoms with van der Waals surface area (Å²) in [5.74, 6) is 0.645. The zero-order valence-corrected chi connectivity index (χ0v) is 13.6. The molecule has 1 rings (SSSR count). The first-order valence-corrected chi connectivity index (χ1v) is 7.61. The van der Waals surface area contributed by atoms with Crippen LogP contribution in [0.15, 0.2) is 18.2 Å². The molecule has 0 saturated heterocycles. The third-order valence-corrected chi connectivity index (χ3v) is 3.63. The molecular formula is C17H27NO3. The van der Waals surface area contributed by atoms with Crippen molar-refractivity contribution in [1.82, 2.24) is 4.90 Å². The van der Waals surface area contributed by atoms with Gasteiger partial charge in [0.05, 0.1) is 6.42 Å². The highest BCUT2D eigenvalue weighted by Gasteiger charge is 2.07. The Bertz CT molecular complexity index is 457. The van der Waals surface area contributed by atoms with Crippen molar-refractivity contribution in [1.29, 1.82) is 0 Å². The van der Waals surface area contributed by atoms with Gasteiger partial charge in [-0.25, -0.2) is 0 Å². The zero-order valence-electron chi connectivity index (χ0n) is 13.6. The van der Waals surface area contributed by atoms with Gasteiger partial charge in [-0.15, -0.1) is 0 Å². The summed E-state index contributed by atoms with van der Waals surface area (Å²) in [4.78, 5) is 12.7. The van der Waals surface area contributed by atoms with Crippen LogP contribution in [0.4, 0.5) is 0 Å². The van der Waals surface area contributed by atoms with Crippen LogP contribution in [0.3, 0.4) is 0 Å². The second-order valence-corrected chi connectivity index (χ2v) is 5.60. The Balaban J connectivity index is 2.44. The van der Waals surface area contributed by atoms with Gasteiger partial charge in [0.1, 0.15) is 12.4 Å². The SMILES string of the molecule is CCN(CCOc1ccc(C(C)C)c(C)c1)CCC(=O)O. The maximum atomic E-state index is 10.6. The highest BCUT2D eigenvalue weighted by Crippen LogP contribution is 2.23. The number of rotatable bonds is 9. The van der Waals surface area contributed by atoms with E-state index in [9.17, 15) is 4.79 Å². The van der Waals surface area contributed by atoms with E-state index in [0.717, 1.165) is 18.8 Å². The number of benzene rings is 1. The lowest BCUT2D eigenvalue weighted by atomic mass is 9.98. The molecule has 0 aliphatic rings. The smallest absolute Gasteiger partial charge is 0.304 e. The summed E-state index contributed by atoms with van der Waals surface area (Å²) in [7, 11) is 0. The van der Waals surface area contributed by atoms with Crippen molar-refractivity contribution in [2.45, 2.75) is 40.0 Å². The zero-order chi connectivity index (χ0) is 15.8. The lowest BCUT2D eigenvalue weighted by Crippen LogP contribution is -2.30. The number of likely N-dealkylation sites (N-methyl/N-ethyl adjacent to an activating group) is 1. The Hall–Kier alpha value is -1.55. The van der Waals surface area contributed by atoms with Gasteiger partial charge in [0, 0.05) is 13.1 Å². The van der Waals surface area contributed by atoms with Crippen molar-refractivity contribution in [2.75, 3.05) is 26.2 Å². The minimum absolute atomic E-state index is 0.177. The van der Waals surface area contributed by atoms with E-state index in [1.165, 1.54) is 11.1 Å². The molecule has 0 aliphatic heterocycles. The van der Waals surface area contributed by atoms with Crippen molar-refractivity contribution in [2.24, 2.45) is 0 Å². The third kappa shape index (κ3) is 6.17. The number of hydrogen-bond donors (Lipinski definition) is 1. The number of ether oxygens (including phenoxy) is 1. The van der Waals surface area contributed by atoms with E-state index in [0.29, 0.717) is 19.1 Å². The molecule has 0 saturated carbocycles. The molecule has 0 spiro atoms. The lowest BCUT2D eigenvalue weighted by molar-refractivity contribution is -0.137. The highest BCUT2D eigenvalue weighted by atomic mass is 16.5. The van der Waals surface area contributed by atoms with Gasteiger partial charge in [-0.05, 0) is 42.6 Å². The quantitative estimate of drug-likeness (QED) is 0.759. The maximum absolute atomic E-state index is 10.6. The molecular weight excluding hydrogens is 266 g/mol. The topological polar surface area (TPSA) is 49.8 Å². The molecule has 1 aromatic rings. The molecule has 0 aliphatic carbocycles. The normalized spacial score (nSPS) is 11.1. The first kappa shape index (κ1) is 17.5. The molecule has 1 aromatic carbocycles. The van der Waals surface area contributed by atoms with Gasteiger partial charge < -0.3 is 9.84 Å². The first-order chi connectivity index (χ1) is 9.93. The minimum atomic E-state index is -0.755. The van der Waals surface area contributed by atoms with Crippen LogP contribution in [0.5, 0.6) is 5.75 Å². The number of carboxylic acids is 1. The maximum Gasteiger partial charge on any atom is 0.304 e. The van der Waals surface area contributed by atoms with Crippen molar-refractivity contribution >= 4 is 5.97 Å². The van der Waals surface area contributed by atoms with Crippen LogP contribution in [0.25, 0.3) is 0 Å². The Morgan fingerprint density at radius 3 is 2.57 bits per heavy atom. The summed E-state index contributed by atoms with van der Waals surface area (Å²) >= 11 is 0. The third-order valence-electron chi connectivity index (χ3n) is 3.63. The van der Waals surface area contributed by atoms with Crippen LogP contribution in [0, 0.1) is 6.92 Å². The average Bonchev–Trinajstić information content (AvgIpc) is 2.42. The Morgan fingerprint density at radius 2 is 2.05 bits per heavy atom. The van der Waals surface area contributed by atoms with E-state index in [4.69, 9.17) is 9.84 Å². The number of nitrogens with zero attached hydrogens (tertiary/aromatic N) is 1. The van der Waals surface area contributed by atoms with Crippen molar-refractivity contribution < 1.29 is 14.6 Å². The van der Waals surface area contributed by atoms with E-state index in [1.807, 2.05) is 13.0 Å². The molecule has 21 heavy (non-hydrogen) atoms. The largest absolute Gasteiger partial charge is 0.492 e. The summed E-state index contributed by atoms with van der Waals surface area (Å²) in [6.45, 7) is 11.2. The predicted molar refractivity (Wildman–Crippen MR) is 85.1 cm³/mol. The van der Waals surface area contributed by atoms with Gasteiger partial charge in [-0.2, -0.15) is 0 Å². The van der Waals surface area contributed by atoms with E-state index in [-0.39, 0.29) is 6.42 Å². The molecule has 0 unspecified atom stereocenters. The molecule has 0 bridgehead atoms. The van der Waals surface area contributed by atoms with E-state index in [2.05, 4.69) is 37.8 Å². The summed E-state index contributed by atoms with van der Waals surface area (Å²) < 4.78 is 5.77. The van der Waals surface area contributed by atoms with Gasteiger partial charge in [-0.3, -0.25) is 9.69 Å². The molecule has 0 amide bonds. The van der Waals surface area contributed by atoms with Gasteiger partial charge in [0.2, 0.25) is 0 Å². The van der Waals surface area contributed by atoms with Crippen LogP contribution in [0.2, 0.25) is 0 Å². The van der Waals surface area contributed by atoms with Gasteiger partial charge in [0.15, 0.2) is 0 Å². The van der Waals surface area contributed by atoms with Crippen molar-refractivity contribution in [3.63, 3.8) is 0 Å². The molecule has 1 N–H and O–H groups in total. The summed E-state index contributed by atoms with van der Waals surface area (Å²) in [6, 6.07) is 6.20. The average molecular weight is 293 g/mol. The molecule has 0 heterocycles. The van der Waals surface area contributed by atoms with E-state index < -0.39 is 5.97 Å². The van der Waals surface area contributed by atoms with Gasteiger partial charge in [-0.1, -0.05) is 26.8 Å². The van der Waals surface area contributed by atoms with Crippen LogP contribution < -0.4 is 4.74 Å². The fourth-order valence-corrected chi connectivity index (χ4v) is 2.36. The standard InChI is InChI=1S/C17H27NO3/c1-5-18(9-8-17(19)20)10-11-21-15-6-7-16(13(2)3)14(4)12-15/h6-7,12-13H,5,8-11H2,1-4H3,(H,19,20). The van der Waals surface area contributed by atoms with E-state index in [1.54, 1.807) is 0 Å². The predicted octanol–water partition coefficient (Wildman–Crippen LogP) is 3.29. The number of carbonyl (C=O) groups is 1. The fourth-order valence-electron chi connectivity index (χ4n) is 2.36. The Kier molecular flexibility index (Phi) is 7.23. The highest BCUT2D eigenvalue weighted by molar-refractivity contribution is 5.66. The summed E-state index contributed by atoms with van der Waals surface area (Å²) in [5, 5.41) is 8.70. The Labute approximate surface area is 127 Å². The number of hydrogen-bond acceptors (Lipinski definition) is 3. The van der Waals surface area contributed by atoms with Crippen LogP contribution >= 0.6 is 0 Å². The fraction of sp³-hybridized carbons (Fsp3) is 0.588. The van der Waals surface area contributed by atoms with Crippen LogP contribution in [0.1, 0.15) is 44.2 Å². The summed E-state index contributed by atoms with van der Waals surface area (Å²) in [5.41, 5.74) is 2.60. The molecule has 4 nitrogen and oxygen atoms in total. The van der Waals surface area contributed by atoms with E-state index >= 15 is 0 Å². The van der Waals surface area contributed by atoms with Crippen molar-refractivity contribution in [3.8, 4) is 5.75 Å². The lowest BCUT2D eigenvalue weighted by Gasteiger charge is -2.19. The molecule has 0 aromatic heterocycles. The second kappa shape index (κ2) is 8.67. The number of aryl methyl sites for hydroxylation is 1. The molecule has 0 radical (unpaired) electrons. The second-order valence-electron chi connectivity index (χ2n) is 5.60. The molecule has 0 atom stereocenters. The van der Waals surface area contributed by atoms with Crippen LogP contribution in [-0.2, 0) is 4.79 Å². The molecule has 4 heteroatoms. The molecule has 0 fully saturated rings. The number of carboxylic acid groups (broad SMARTS) is 1. The van der Waals surface area contributed by atoms with Crippen molar-refractivity contribution in [3.05, 3.63) is 29.3 Å². The van der Waals surface area contributed by atoms with Crippen LogP contribution in [-0.4, -0.2) is 42.2 Å². The molecule has 118 valence electrons. The first-order valence-electron chi connectivity index (χ1n) is 7.61. The number of aliphatic carboxylic acids is 1.